The SMILES string of the molecule is C.C=CC(=O)Nc1cc(C(=O)Nc2cc(-c3cc4c([nH]3)C3(CCCNC3)CNC4=O)ccn2)ccc1C. The van der Waals surface area contributed by atoms with Crippen LogP contribution >= 0.6 is 0 Å². The summed E-state index contributed by atoms with van der Waals surface area (Å²) < 4.78 is 0. The van der Waals surface area contributed by atoms with Crippen molar-refractivity contribution in [1.82, 2.24) is 20.6 Å². The molecule has 0 radical (unpaired) electrons. The van der Waals surface area contributed by atoms with Crippen LogP contribution in [0.3, 0.4) is 0 Å². The highest BCUT2D eigenvalue weighted by Crippen LogP contribution is 2.37. The van der Waals surface area contributed by atoms with Gasteiger partial charge in [0.15, 0.2) is 0 Å². The van der Waals surface area contributed by atoms with Crippen molar-refractivity contribution in [1.29, 1.82) is 0 Å². The minimum absolute atomic E-state index is 0. The monoisotopic (exact) mass is 500 g/mol. The molecule has 0 bridgehead atoms. The molecule has 192 valence electrons. The van der Waals surface area contributed by atoms with Crippen LogP contribution in [-0.2, 0) is 10.2 Å². The fourth-order valence-corrected chi connectivity index (χ4v) is 4.91. The Labute approximate surface area is 216 Å². The number of H-pyrrole nitrogens is 1. The van der Waals surface area contributed by atoms with E-state index in [1.807, 2.05) is 19.1 Å². The smallest absolute Gasteiger partial charge is 0.256 e. The lowest BCUT2D eigenvalue weighted by Crippen LogP contribution is -2.54. The maximum atomic E-state index is 12.9. The van der Waals surface area contributed by atoms with Gasteiger partial charge in [-0.3, -0.25) is 14.4 Å². The van der Waals surface area contributed by atoms with E-state index < -0.39 is 0 Å². The Bertz CT molecular complexity index is 1370. The zero-order chi connectivity index (χ0) is 25.3. The summed E-state index contributed by atoms with van der Waals surface area (Å²) in [6.07, 6.45) is 4.84. The maximum absolute atomic E-state index is 12.9. The Hall–Kier alpha value is -4.24. The van der Waals surface area contributed by atoms with Crippen LogP contribution in [0.5, 0.6) is 0 Å². The fourth-order valence-electron chi connectivity index (χ4n) is 4.91. The number of aromatic nitrogens is 2. The van der Waals surface area contributed by atoms with Crippen molar-refractivity contribution >= 4 is 29.2 Å². The number of pyridine rings is 1. The largest absolute Gasteiger partial charge is 0.357 e. The molecule has 4 heterocycles. The van der Waals surface area contributed by atoms with Crippen LogP contribution in [0.15, 0.2) is 55.3 Å². The van der Waals surface area contributed by atoms with Crippen LogP contribution in [0.2, 0.25) is 0 Å². The van der Waals surface area contributed by atoms with Crippen molar-refractivity contribution in [3.8, 4) is 11.3 Å². The molecular weight excluding hydrogens is 468 g/mol. The highest BCUT2D eigenvalue weighted by atomic mass is 16.2. The number of hydrogen-bond acceptors (Lipinski definition) is 5. The van der Waals surface area contributed by atoms with Gasteiger partial charge < -0.3 is 26.3 Å². The van der Waals surface area contributed by atoms with E-state index in [1.165, 1.54) is 6.08 Å². The number of benzene rings is 1. The molecule has 9 heteroatoms. The van der Waals surface area contributed by atoms with Crippen molar-refractivity contribution in [2.45, 2.75) is 32.6 Å². The van der Waals surface area contributed by atoms with Crippen LogP contribution in [0.1, 0.15) is 52.2 Å². The van der Waals surface area contributed by atoms with E-state index in [9.17, 15) is 14.4 Å². The van der Waals surface area contributed by atoms with E-state index in [4.69, 9.17) is 0 Å². The number of carbonyl (C=O) groups is 3. The standard InChI is InChI=1S/C27H28N6O3.CH4/c1-3-23(34)31-20-11-18(6-5-16(20)2)25(35)33-22-12-17(7-10-29-22)21-13-19-24(32-21)27(15-30-26(19)36)8-4-9-28-14-27;/h3,5-7,10-13,28,32H,1,4,8-9,14-15H2,2H3,(H,30,36)(H,31,34)(H,29,33,35);1H4. The molecule has 37 heavy (non-hydrogen) atoms. The summed E-state index contributed by atoms with van der Waals surface area (Å²) in [4.78, 5) is 45.0. The number of aryl methyl sites for hydroxylation is 1. The van der Waals surface area contributed by atoms with E-state index in [2.05, 4.69) is 37.8 Å². The summed E-state index contributed by atoms with van der Waals surface area (Å²) in [7, 11) is 0. The van der Waals surface area contributed by atoms with Crippen molar-refractivity contribution in [2.24, 2.45) is 0 Å². The number of rotatable bonds is 5. The second kappa shape index (κ2) is 10.4. The molecule has 5 N–H and O–H groups in total. The molecule has 5 rings (SSSR count). The zero-order valence-corrected chi connectivity index (χ0v) is 20.0. The number of amides is 3. The van der Waals surface area contributed by atoms with E-state index in [-0.39, 0.29) is 30.6 Å². The number of hydrogen-bond donors (Lipinski definition) is 5. The molecule has 1 spiro atoms. The summed E-state index contributed by atoms with van der Waals surface area (Å²) in [5.74, 6) is -0.407. The molecule has 0 saturated carbocycles. The lowest BCUT2D eigenvalue weighted by atomic mass is 9.74. The third-order valence-electron chi connectivity index (χ3n) is 6.91. The van der Waals surface area contributed by atoms with Crippen LogP contribution in [0.4, 0.5) is 11.5 Å². The molecule has 2 aromatic heterocycles. The minimum Gasteiger partial charge on any atom is -0.357 e. The van der Waals surface area contributed by atoms with Crippen molar-refractivity contribution in [3.05, 3.63) is 77.6 Å². The van der Waals surface area contributed by atoms with Gasteiger partial charge in [-0.15, -0.1) is 0 Å². The van der Waals surface area contributed by atoms with Crippen molar-refractivity contribution in [3.63, 3.8) is 0 Å². The van der Waals surface area contributed by atoms with Gasteiger partial charge >= 0.3 is 0 Å². The van der Waals surface area contributed by atoms with Gasteiger partial charge in [-0.2, -0.15) is 0 Å². The maximum Gasteiger partial charge on any atom is 0.256 e. The average molecular weight is 501 g/mol. The lowest BCUT2D eigenvalue weighted by molar-refractivity contribution is -0.111. The quantitative estimate of drug-likeness (QED) is 0.341. The molecule has 2 aliphatic heterocycles. The number of aromatic amines is 1. The molecule has 1 fully saturated rings. The Morgan fingerprint density at radius 1 is 1.14 bits per heavy atom. The first-order valence-electron chi connectivity index (χ1n) is 11.9. The Morgan fingerprint density at radius 2 is 1.97 bits per heavy atom. The van der Waals surface area contributed by atoms with Crippen LogP contribution in [0, 0.1) is 6.92 Å². The molecule has 1 atom stereocenters. The average Bonchev–Trinajstić information content (AvgIpc) is 3.36. The Balaban J connectivity index is 0.00000320. The summed E-state index contributed by atoms with van der Waals surface area (Å²) in [6.45, 7) is 7.70. The number of fused-ring (bicyclic) bond motifs is 2. The van der Waals surface area contributed by atoms with E-state index in [1.54, 1.807) is 30.5 Å². The zero-order valence-electron chi connectivity index (χ0n) is 20.0. The number of piperidine rings is 1. The second-order valence-electron chi connectivity index (χ2n) is 9.32. The van der Waals surface area contributed by atoms with Crippen LogP contribution in [-0.4, -0.2) is 47.3 Å². The topological polar surface area (TPSA) is 128 Å². The molecule has 0 aliphatic carbocycles. The number of nitrogens with zero attached hydrogens (tertiary/aromatic N) is 1. The van der Waals surface area contributed by atoms with E-state index in [0.717, 1.165) is 48.4 Å². The normalized spacial score (nSPS) is 18.2. The van der Waals surface area contributed by atoms with Gasteiger partial charge in [0.05, 0.1) is 5.56 Å². The first kappa shape index (κ1) is 25.8. The molecular formula is C28H32N6O3. The van der Waals surface area contributed by atoms with Gasteiger partial charge in [0.1, 0.15) is 5.82 Å². The van der Waals surface area contributed by atoms with Gasteiger partial charge in [-0.05, 0) is 68.3 Å². The first-order valence-corrected chi connectivity index (χ1v) is 11.9. The van der Waals surface area contributed by atoms with Gasteiger partial charge in [0.2, 0.25) is 5.91 Å². The van der Waals surface area contributed by atoms with Gasteiger partial charge in [-0.25, -0.2) is 4.98 Å². The van der Waals surface area contributed by atoms with Gasteiger partial charge in [0.25, 0.3) is 11.8 Å². The first-order chi connectivity index (χ1) is 17.4. The molecule has 1 unspecified atom stereocenters. The fraction of sp³-hybridized carbons (Fsp3) is 0.286. The van der Waals surface area contributed by atoms with Crippen LogP contribution in [0.25, 0.3) is 11.3 Å². The minimum atomic E-state index is -0.355. The summed E-state index contributed by atoms with van der Waals surface area (Å²) in [5.41, 5.74) is 4.83. The Kier molecular flexibility index (Phi) is 7.26. The van der Waals surface area contributed by atoms with Crippen molar-refractivity contribution < 1.29 is 14.4 Å². The lowest BCUT2D eigenvalue weighted by Gasteiger charge is -2.40. The summed E-state index contributed by atoms with van der Waals surface area (Å²) in [5, 5.41) is 12.0. The summed E-state index contributed by atoms with van der Waals surface area (Å²) >= 11 is 0. The predicted molar refractivity (Wildman–Crippen MR) is 145 cm³/mol. The van der Waals surface area contributed by atoms with E-state index >= 15 is 0 Å². The molecule has 9 nitrogen and oxygen atoms in total. The number of carbonyl (C=O) groups excluding carboxylic acids is 3. The highest BCUT2D eigenvalue weighted by molar-refractivity contribution is 6.06. The van der Waals surface area contributed by atoms with Gasteiger partial charge in [-0.1, -0.05) is 20.1 Å². The molecule has 3 aromatic rings. The highest BCUT2D eigenvalue weighted by Gasteiger charge is 2.42. The van der Waals surface area contributed by atoms with Crippen LogP contribution < -0.4 is 21.3 Å². The van der Waals surface area contributed by atoms with Gasteiger partial charge in [0, 0.05) is 52.9 Å². The molecule has 3 amide bonds. The third-order valence-corrected chi connectivity index (χ3v) is 6.91. The Morgan fingerprint density at radius 3 is 2.73 bits per heavy atom. The molecule has 1 saturated heterocycles. The summed E-state index contributed by atoms with van der Waals surface area (Å²) in [6, 6.07) is 10.6. The van der Waals surface area contributed by atoms with Crippen molar-refractivity contribution in [2.75, 3.05) is 30.3 Å². The number of anilines is 2. The third kappa shape index (κ3) is 5.03. The molecule has 2 aliphatic rings. The number of nitrogens with one attached hydrogen (secondary N) is 5. The second-order valence-corrected chi connectivity index (χ2v) is 9.32. The predicted octanol–water partition coefficient (Wildman–Crippen LogP) is 3.76. The molecule has 1 aromatic carbocycles. The van der Waals surface area contributed by atoms with E-state index in [0.29, 0.717) is 29.2 Å².